The Hall–Kier alpha value is -0.450. The number of likely N-dealkylation sites (tertiary alicyclic amines) is 1. The second-order valence-corrected chi connectivity index (χ2v) is 4.02. The summed E-state index contributed by atoms with van der Waals surface area (Å²) < 4.78 is 5.28. The molecule has 80 valence electrons. The fourth-order valence-electron chi connectivity index (χ4n) is 1.99. The van der Waals surface area contributed by atoms with E-state index in [0.29, 0.717) is 12.3 Å². The molecular formula is C10H18N2O2. The van der Waals surface area contributed by atoms with Crippen molar-refractivity contribution in [1.82, 2.24) is 9.80 Å². The number of rotatable bonds is 3. The highest BCUT2D eigenvalue weighted by Crippen LogP contribution is 2.04. The molecule has 0 bridgehead atoms. The summed E-state index contributed by atoms with van der Waals surface area (Å²) in [6.45, 7) is 7.55. The highest BCUT2D eigenvalue weighted by atomic mass is 16.5. The van der Waals surface area contributed by atoms with Crippen molar-refractivity contribution in [3.8, 4) is 0 Å². The molecule has 0 unspecified atom stereocenters. The zero-order valence-corrected chi connectivity index (χ0v) is 8.57. The third kappa shape index (κ3) is 2.77. The highest BCUT2D eigenvalue weighted by Gasteiger charge is 2.19. The van der Waals surface area contributed by atoms with E-state index in [9.17, 15) is 4.79 Å². The molecule has 0 aromatic rings. The average molecular weight is 198 g/mol. The molecule has 4 heteroatoms. The number of morpholine rings is 1. The number of ether oxygens (including phenoxy) is 1. The Balaban J connectivity index is 1.63. The molecule has 0 aliphatic carbocycles. The molecule has 0 aromatic carbocycles. The molecule has 0 saturated carbocycles. The predicted octanol–water partition coefficient (Wildman–Crippen LogP) is -0.407. The molecule has 2 aliphatic rings. The molecule has 0 N–H and O–H groups in total. The zero-order chi connectivity index (χ0) is 9.80. The van der Waals surface area contributed by atoms with Crippen LogP contribution in [0.15, 0.2) is 0 Å². The van der Waals surface area contributed by atoms with Crippen LogP contribution in [-0.4, -0.2) is 68.1 Å². The molecule has 14 heavy (non-hydrogen) atoms. The van der Waals surface area contributed by atoms with Crippen LogP contribution in [0.5, 0.6) is 0 Å². The molecule has 0 spiro atoms. The van der Waals surface area contributed by atoms with Crippen molar-refractivity contribution in [3.05, 3.63) is 0 Å². The standard InChI is InChI=1S/C10H18N2O2/c13-10-1-2-12(9-10)4-3-11-5-7-14-8-6-11/h1-9H2. The number of carbonyl (C=O) groups is 1. The molecule has 0 atom stereocenters. The van der Waals surface area contributed by atoms with Crippen LogP contribution in [0.4, 0.5) is 0 Å². The monoisotopic (exact) mass is 198 g/mol. The first-order chi connectivity index (χ1) is 6.84. The molecule has 0 aromatic heterocycles. The second-order valence-electron chi connectivity index (χ2n) is 4.02. The molecule has 0 radical (unpaired) electrons. The van der Waals surface area contributed by atoms with Gasteiger partial charge < -0.3 is 4.74 Å². The first kappa shape index (κ1) is 10.1. The second kappa shape index (κ2) is 4.87. The van der Waals surface area contributed by atoms with Crippen LogP contribution in [0.25, 0.3) is 0 Å². The van der Waals surface area contributed by atoms with Crippen molar-refractivity contribution in [2.75, 3.05) is 52.5 Å². The fraction of sp³-hybridized carbons (Fsp3) is 0.900. The smallest absolute Gasteiger partial charge is 0.148 e. The molecule has 2 aliphatic heterocycles. The average Bonchev–Trinajstić information content (AvgIpc) is 2.63. The number of nitrogens with zero attached hydrogens (tertiary/aromatic N) is 2. The van der Waals surface area contributed by atoms with Gasteiger partial charge in [-0.05, 0) is 0 Å². The topological polar surface area (TPSA) is 32.8 Å². The van der Waals surface area contributed by atoms with Crippen molar-refractivity contribution >= 4 is 5.78 Å². The highest BCUT2D eigenvalue weighted by molar-refractivity contribution is 5.82. The Morgan fingerprint density at radius 3 is 2.43 bits per heavy atom. The van der Waals surface area contributed by atoms with Crippen molar-refractivity contribution < 1.29 is 9.53 Å². The van der Waals surface area contributed by atoms with Crippen molar-refractivity contribution in [2.45, 2.75) is 6.42 Å². The number of Topliss-reactive ketones (excluding diaryl/α,β-unsaturated/α-hetero) is 1. The maximum atomic E-state index is 11.0. The fourth-order valence-corrected chi connectivity index (χ4v) is 1.99. The van der Waals surface area contributed by atoms with E-state index in [1.165, 1.54) is 0 Å². The summed E-state index contributed by atoms with van der Waals surface area (Å²) in [5.74, 6) is 0.395. The largest absolute Gasteiger partial charge is 0.379 e. The number of hydrogen-bond donors (Lipinski definition) is 0. The van der Waals surface area contributed by atoms with Crippen LogP contribution in [0, 0.1) is 0 Å². The summed E-state index contributed by atoms with van der Waals surface area (Å²) >= 11 is 0. The van der Waals surface area contributed by atoms with E-state index < -0.39 is 0 Å². The maximum Gasteiger partial charge on any atom is 0.148 e. The van der Waals surface area contributed by atoms with E-state index in [-0.39, 0.29) is 0 Å². The zero-order valence-electron chi connectivity index (χ0n) is 8.57. The number of hydrogen-bond acceptors (Lipinski definition) is 4. The van der Waals surface area contributed by atoms with Gasteiger partial charge in [-0.2, -0.15) is 0 Å². The summed E-state index contributed by atoms with van der Waals surface area (Å²) in [6, 6.07) is 0. The molecule has 2 heterocycles. The summed E-state index contributed by atoms with van der Waals surface area (Å²) in [4.78, 5) is 15.7. The van der Waals surface area contributed by atoms with Gasteiger partial charge in [-0.3, -0.25) is 14.6 Å². The van der Waals surface area contributed by atoms with Gasteiger partial charge in [-0.1, -0.05) is 0 Å². The van der Waals surface area contributed by atoms with Crippen molar-refractivity contribution in [1.29, 1.82) is 0 Å². The lowest BCUT2D eigenvalue weighted by molar-refractivity contribution is -0.116. The van der Waals surface area contributed by atoms with E-state index >= 15 is 0 Å². The van der Waals surface area contributed by atoms with Crippen molar-refractivity contribution in [2.24, 2.45) is 0 Å². The van der Waals surface area contributed by atoms with E-state index in [1.54, 1.807) is 0 Å². The van der Waals surface area contributed by atoms with Gasteiger partial charge in [0.2, 0.25) is 0 Å². The lowest BCUT2D eigenvalue weighted by atomic mass is 10.4. The molecular weight excluding hydrogens is 180 g/mol. The SMILES string of the molecule is O=C1CCN(CCN2CCOCC2)C1. The van der Waals surface area contributed by atoms with Gasteiger partial charge in [0.05, 0.1) is 19.8 Å². The van der Waals surface area contributed by atoms with Gasteiger partial charge >= 0.3 is 0 Å². The molecule has 2 fully saturated rings. The van der Waals surface area contributed by atoms with Gasteiger partial charge in [-0.25, -0.2) is 0 Å². The van der Waals surface area contributed by atoms with Crippen LogP contribution >= 0.6 is 0 Å². The first-order valence-corrected chi connectivity index (χ1v) is 5.39. The third-order valence-corrected chi connectivity index (χ3v) is 2.94. The van der Waals surface area contributed by atoms with Crippen LogP contribution in [0.1, 0.15) is 6.42 Å². The third-order valence-electron chi connectivity index (χ3n) is 2.94. The minimum absolute atomic E-state index is 0.395. The maximum absolute atomic E-state index is 11.0. The van der Waals surface area contributed by atoms with Gasteiger partial charge in [0.25, 0.3) is 0 Å². The Morgan fingerprint density at radius 2 is 1.79 bits per heavy atom. The van der Waals surface area contributed by atoms with Crippen LogP contribution in [0.2, 0.25) is 0 Å². The number of ketones is 1. The van der Waals surface area contributed by atoms with E-state index in [0.717, 1.165) is 52.4 Å². The lowest BCUT2D eigenvalue weighted by Crippen LogP contribution is -2.41. The first-order valence-electron chi connectivity index (χ1n) is 5.39. The van der Waals surface area contributed by atoms with E-state index in [2.05, 4.69) is 9.80 Å². The van der Waals surface area contributed by atoms with Crippen LogP contribution < -0.4 is 0 Å². The lowest BCUT2D eigenvalue weighted by Gasteiger charge is -2.28. The summed E-state index contributed by atoms with van der Waals surface area (Å²) in [7, 11) is 0. The van der Waals surface area contributed by atoms with Gasteiger partial charge in [0, 0.05) is 39.1 Å². The minimum atomic E-state index is 0.395. The summed E-state index contributed by atoms with van der Waals surface area (Å²) in [5.41, 5.74) is 0. The molecule has 2 saturated heterocycles. The predicted molar refractivity (Wildman–Crippen MR) is 53.3 cm³/mol. The molecule has 0 amide bonds. The summed E-state index contributed by atoms with van der Waals surface area (Å²) in [6.07, 6.45) is 0.753. The Labute approximate surface area is 84.8 Å². The molecule has 4 nitrogen and oxygen atoms in total. The minimum Gasteiger partial charge on any atom is -0.379 e. The van der Waals surface area contributed by atoms with Crippen LogP contribution in [0.3, 0.4) is 0 Å². The van der Waals surface area contributed by atoms with E-state index in [4.69, 9.17) is 4.74 Å². The molecule has 2 rings (SSSR count). The van der Waals surface area contributed by atoms with Gasteiger partial charge in [-0.15, -0.1) is 0 Å². The number of carbonyl (C=O) groups excluding carboxylic acids is 1. The van der Waals surface area contributed by atoms with Crippen molar-refractivity contribution in [3.63, 3.8) is 0 Å². The van der Waals surface area contributed by atoms with Gasteiger partial charge in [0.1, 0.15) is 5.78 Å². The summed E-state index contributed by atoms with van der Waals surface area (Å²) in [5, 5.41) is 0. The Morgan fingerprint density at radius 1 is 1.07 bits per heavy atom. The van der Waals surface area contributed by atoms with E-state index in [1.807, 2.05) is 0 Å². The Kier molecular flexibility index (Phi) is 3.50. The normalized spacial score (nSPS) is 25.9. The van der Waals surface area contributed by atoms with Crippen LogP contribution in [-0.2, 0) is 9.53 Å². The Bertz CT molecular complexity index is 202. The quantitative estimate of drug-likeness (QED) is 0.617. The van der Waals surface area contributed by atoms with Gasteiger partial charge in [0.15, 0.2) is 0 Å².